The third-order valence-electron chi connectivity index (χ3n) is 3.47. The minimum atomic E-state index is -3.45. The van der Waals surface area contributed by atoms with Gasteiger partial charge in [0.15, 0.2) is 0 Å². The van der Waals surface area contributed by atoms with Crippen molar-refractivity contribution < 1.29 is 18.3 Å². The van der Waals surface area contributed by atoms with Crippen molar-refractivity contribution in [2.45, 2.75) is 19.5 Å². The van der Waals surface area contributed by atoms with E-state index >= 15 is 0 Å². The van der Waals surface area contributed by atoms with E-state index in [9.17, 15) is 13.2 Å². The van der Waals surface area contributed by atoms with Gasteiger partial charge in [-0.1, -0.05) is 30.3 Å². The summed E-state index contributed by atoms with van der Waals surface area (Å²) >= 11 is 0. The first kappa shape index (κ1) is 15.0. The molecule has 110 valence electrons. The second kappa shape index (κ2) is 5.90. The largest absolute Gasteiger partial charge is 0.480 e. The fourth-order valence-corrected chi connectivity index (χ4v) is 3.80. The van der Waals surface area contributed by atoms with Crippen LogP contribution in [0.2, 0.25) is 0 Å². The Morgan fingerprint density at radius 2 is 1.95 bits per heavy atom. The van der Waals surface area contributed by atoms with Crippen LogP contribution in [0.5, 0.6) is 0 Å². The third-order valence-corrected chi connectivity index (χ3v) is 5.22. The molecule has 1 fully saturated rings. The van der Waals surface area contributed by atoms with Gasteiger partial charge in [0.25, 0.3) is 0 Å². The molecule has 0 spiro atoms. The lowest BCUT2D eigenvalue weighted by atomic mass is 10.2. The summed E-state index contributed by atoms with van der Waals surface area (Å²) in [7, 11) is -3.45. The van der Waals surface area contributed by atoms with E-state index in [0.29, 0.717) is 19.6 Å². The van der Waals surface area contributed by atoms with Crippen LogP contribution in [-0.4, -0.2) is 53.7 Å². The summed E-state index contributed by atoms with van der Waals surface area (Å²) in [6.07, 6.45) is 0. The van der Waals surface area contributed by atoms with Crippen LogP contribution in [0, 0.1) is 0 Å². The summed E-state index contributed by atoms with van der Waals surface area (Å²) in [6.45, 7) is 2.58. The summed E-state index contributed by atoms with van der Waals surface area (Å²) in [5.41, 5.74) is 0.927. The predicted molar refractivity (Wildman–Crippen MR) is 74.4 cm³/mol. The van der Waals surface area contributed by atoms with Crippen molar-refractivity contribution in [3.63, 3.8) is 0 Å². The summed E-state index contributed by atoms with van der Waals surface area (Å²) in [5.74, 6) is -1.25. The lowest BCUT2D eigenvalue weighted by Crippen LogP contribution is -2.53. The number of carbonyl (C=O) groups is 1. The molecule has 0 aliphatic carbocycles. The molecule has 0 aromatic heterocycles. The lowest BCUT2D eigenvalue weighted by molar-refractivity contribution is -0.142. The molecule has 1 atom stereocenters. The Hall–Kier alpha value is -1.44. The zero-order chi connectivity index (χ0) is 14.8. The highest BCUT2D eigenvalue weighted by atomic mass is 32.2. The third kappa shape index (κ3) is 3.36. The second-order valence-electron chi connectivity index (χ2n) is 4.89. The van der Waals surface area contributed by atoms with Crippen LogP contribution in [0.4, 0.5) is 0 Å². The lowest BCUT2D eigenvalue weighted by Gasteiger charge is -2.35. The van der Waals surface area contributed by atoms with E-state index in [4.69, 9.17) is 5.11 Å². The van der Waals surface area contributed by atoms with Gasteiger partial charge in [-0.05, 0) is 12.5 Å². The highest BCUT2D eigenvalue weighted by Crippen LogP contribution is 2.17. The molecule has 0 saturated carbocycles. The van der Waals surface area contributed by atoms with Crippen LogP contribution in [0.1, 0.15) is 12.5 Å². The van der Waals surface area contributed by atoms with Crippen LogP contribution in [0.3, 0.4) is 0 Å². The van der Waals surface area contributed by atoms with Gasteiger partial charge in [0.2, 0.25) is 10.0 Å². The number of carboxylic acid groups (broad SMARTS) is 1. The zero-order valence-corrected chi connectivity index (χ0v) is 12.1. The summed E-state index contributed by atoms with van der Waals surface area (Å²) in [4.78, 5) is 12.4. The van der Waals surface area contributed by atoms with Gasteiger partial charge in [-0.3, -0.25) is 9.69 Å². The Balaban J connectivity index is 2.07. The van der Waals surface area contributed by atoms with E-state index in [2.05, 4.69) is 0 Å². The van der Waals surface area contributed by atoms with Gasteiger partial charge in [-0.25, -0.2) is 8.42 Å². The highest BCUT2D eigenvalue weighted by Gasteiger charge is 2.34. The molecule has 1 heterocycles. The molecule has 7 heteroatoms. The van der Waals surface area contributed by atoms with E-state index in [1.165, 1.54) is 16.1 Å². The summed E-state index contributed by atoms with van der Waals surface area (Å²) < 4.78 is 25.8. The molecule has 0 bridgehead atoms. The Morgan fingerprint density at radius 1 is 1.30 bits per heavy atom. The predicted octanol–water partition coefficient (Wildman–Crippen LogP) is 0.565. The van der Waals surface area contributed by atoms with Crippen LogP contribution in [-0.2, 0) is 21.4 Å². The maximum atomic E-state index is 12.2. The number of hydrogen-bond donors (Lipinski definition) is 1. The minimum absolute atomic E-state index is 0.243. The highest BCUT2D eigenvalue weighted by molar-refractivity contribution is 7.89. The fraction of sp³-hybridized carbons (Fsp3) is 0.462. The van der Waals surface area contributed by atoms with Crippen LogP contribution < -0.4 is 0 Å². The molecule has 1 aromatic carbocycles. The van der Waals surface area contributed by atoms with Gasteiger partial charge < -0.3 is 5.11 Å². The molecule has 6 nitrogen and oxygen atoms in total. The van der Waals surface area contributed by atoms with Crippen LogP contribution >= 0.6 is 0 Å². The number of sulfonamides is 1. The number of benzene rings is 1. The van der Waals surface area contributed by atoms with Crippen molar-refractivity contribution in [2.75, 3.05) is 19.0 Å². The number of hydrogen-bond acceptors (Lipinski definition) is 4. The molecular formula is C13H18N2O4S. The standard InChI is InChI=1S/C13H18N2O4S/c1-11(13(16)17)14-7-8-15(20(18,19)10-14)9-12-5-3-2-4-6-12/h2-6,11H,7-10H2,1H3,(H,16,17)/t11-/m0/s1. The van der Waals surface area contributed by atoms with Crippen LogP contribution in [0.15, 0.2) is 30.3 Å². The molecule has 0 radical (unpaired) electrons. The number of carboxylic acids is 1. The second-order valence-corrected chi connectivity index (χ2v) is 6.83. The average molecular weight is 298 g/mol. The molecule has 2 rings (SSSR count). The molecule has 1 aliphatic rings. The quantitative estimate of drug-likeness (QED) is 0.879. The summed E-state index contributed by atoms with van der Waals surface area (Å²) in [5, 5.41) is 8.96. The first-order valence-electron chi connectivity index (χ1n) is 6.39. The molecule has 1 saturated heterocycles. The number of rotatable bonds is 4. The van der Waals surface area contributed by atoms with E-state index in [1.54, 1.807) is 0 Å². The smallest absolute Gasteiger partial charge is 0.320 e. The molecule has 1 N–H and O–H groups in total. The molecule has 1 aliphatic heterocycles. The van der Waals surface area contributed by atoms with Gasteiger partial charge in [-0.15, -0.1) is 0 Å². The SMILES string of the molecule is C[C@@H](C(=O)O)N1CCN(Cc2ccccc2)S(=O)(=O)C1. The zero-order valence-electron chi connectivity index (χ0n) is 11.3. The summed E-state index contributed by atoms with van der Waals surface area (Å²) in [6, 6.07) is 8.58. The number of nitrogens with zero attached hydrogens (tertiary/aromatic N) is 2. The van der Waals surface area contributed by atoms with Gasteiger partial charge in [0.1, 0.15) is 11.9 Å². The van der Waals surface area contributed by atoms with E-state index < -0.39 is 22.0 Å². The molecule has 0 amide bonds. The van der Waals surface area contributed by atoms with Crippen molar-refractivity contribution in [3.8, 4) is 0 Å². The van der Waals surface area contributed by atoms with Gasteiger partial charge in [-0.2, -0.15) is 4.31 Å². The monoisotopic (exact) mass is 298 g/mol. The molecule has 1 aromatic rings. The van der Waals surface area contributed by atoms with Crippen molar-refractivity contribution in [3.05, 3.63) is 35.9 Å². The van der Waals surface area contributed by atoms with Crippen molar-refractivity contribution in [1.82, 2.24) is 9.21 Å². The Kier molecular flexibility index (Phi) is 4.42. The Morgan fingerprint density at radius 3 is 2.50 bits per heavy atom. The fourth-order valence-electron chi connectivity index (χ4n) is 2.16. The molecule has 20 heavy (non-hydrogen) atoms. The van der Waals surface area contributed by atoms with Crippen molar-refractivity contribution in [1.29, 1.82) is 0 Å². The molecular weight excluding hydrogens is 280 g/mol. The van der Waals surface area contributed by atoms with E-state index in [0.717, 1.165) is 5.56 Å². The molecule has 0 unspecified atom stereocenters. The van der Waals surface area contributed by atoms with Crippen LogP contribution in [0.25, 0.3) is 0 Å². The first-order valence-corrected chi connectivity index (χ1v) is 7.99. The van der Waals surface area contributed by atoms with Gasteiger partial charge in [0, 0.05) is 19.6 Å². The van der Waals surface area contributed by atoms with Crippen molar-refractivity contribution in [2.24, 2.45) is 0 Å². The Labute approximate surface area is 118 Å². The maximum Gasteiger partial charge on any atom is 0.320 e. The topological polar surface area (TPSA) is 77.9 Å². The van der Waals surface area contributed by atoms with E-state index in [1.807, 2.05) is 30.3 Å². The Bertz CT molecular complexity index is 573. The van der Waals surface area contributed by atoms with Gasteiger partial charge >= 0.3 is 5.97 Å². The maximum absolute atomic E-state index is 12.2. The van der Waals surface area contributed by atoms with Gasteiger partial charge in [0.05, 0.1) is 0 Å². The normalized spacial score (nSPS) is 21.4. The minimum Gasteiger partial charge on any atom is -0.480 e. The van der Waals surface area contributed by atoms with E-state index in [-0.39, 0.29) is 5.88 Å². The first-order chi connectivity index (χ1) is 9.40. The average Bonchev–Trinajstić information content (AvgIpc) is 2.41. The van der Waals surface area contributed by atoms with Crippen molar-refractivity contribution >= 4 is 16.0 Å². The number of aliphatic carboxylic acids is 1.